The molecule has 0 amide bonds. The number of nitrogens with zero attached hydrogens (tertiary/aromatic N) is 2. The van der Waals surface area contributed by atoms with E-state index in [4.69, 9.17) is 5.73 Å². The molecule has 15 heavy (non-hydrogen) atoms. The van der Waals surface area contributed by atoms with E-state index in [1.165, 1.54) is 0 Å². The molecule has 0 saturated carbocycles. The Hall–Kier alpha value is -1.03. The van der Waals surface area contributed by atoms with Crippen molar-refractivity contribution in [3.63, 3.8) is 0 Å². The lowest BCUT2D eigenvalue weighted by Gasteiger charge is -2.23. The molecule has 0 unspecified atom stereocenters. The highest BCUT2D eigenvalue weighted by Crippen LogP contribution is 2.31. The fourth-order valence-corrected chi connectivity index (χ4v) is 2.32. The number of fused-ring (bicyclic) bond motifs is 1. The average Bonchev–Trinajstić information content (AvgIpc) is 2.41. The number of anilines is 1. The van der Waals surface area contributed by atoms with Crippen LogP contribution in [0.3, 0.4) is 0 Å². The van der Waals surface area contributed by atoms with Gasteiger partial charge in [0.1, 0.15) is 0 Å². The third kappa shape index (κ3) is 1.63. The molecule has 0 bridgehead atoms. The second kappa shape index (κ2) is 3.23. The number of halogens is 1. The normalized spacial score (nSPS) is 12.3. The largest absolute Gasteiger partial charge is 0.369 e. The zero-order valence-corrected chi connectivity index (χ0v) is 10.7. The first kappa shape index (κ1) is 10.5. The lowest BCUT2D eigenvalue weighted by atomic mass is 10.1. The van der Waals surface area contributed by atoms with Gasteiger partial charge in [0, 0.05) is 10.0 Å². The van der Waals surface area contributed by atoms with Crippen LogP contribution in [0.15, 0.2) is 22.7 Å². The zero-order valence-electron chi connectivity index (χ0n) is 9.08. The highest BCUT2D eigenvalue weighted by atomic mass is 79.9. The number of rotatable bonds is 0. The van der Waals surface area contributed by atoms with E-state index in [-0.39, 0.29) is 5.54 Å². The van der Waals surface area contributed by atoms with Crippen LogP contribution in [0, 0.1) is 0 Å². The topological polar surface area (TPSA) is 43.8 Å². The minimum atomic E-state index is -0.0668. The van der Waals surface area contributed by atoms with Crippen LogP contribution in [0.4, 0.5) is 5.95 Å². The van der Waals surface area contributed by atoms with Gasteiger partial charge in [-0.2, -0.15) is 0 Å². The number of para-hydroxylation sites is 1. The highest BCUT2D eigenvalue weighted by molar-refractivity contribution is 9.10. The van der Waals surface area contributed by atoms with E-state index in [1.807, 2.05) is 22.8 Å². The van der Waals surface area contributed by atoms with Crippen molar-refractivity contribution in [2.75, 3.05) is 5.73 Å². The van der Waals surface area contributed by atoms with Crippen LogP contribution in [-0.2, 0) is 5.54 Å². The summed E-state index contributed by atoms with van der Waals surface area (Å²) in [4.78, 5) is 4.35. The minimum absolute atomic E-state index is 0.0668. The molecule has 1 heterocycles. The molecule has 0 saturated heterocycles. The third-order valence-electron chi connectivity index (χ3n) is 2.32. The summed E-state index contributed by atoms with van der Waals surface area (Å²) in [6.45, 7) is 6.34. The van der Waals surface area contributed by atoms with E-state index >= 15 is 0 Å². The molecule has 0 atom stereocenters. The number of hydrogen-bond donors (Lipinski definition) is 1. The molecule has 3 nitrogen and oxygen atoms in total. The second-order valence-electron chi connectivity index (χ2n) is 4.58. The number of benzene rings is 1. The van der Waals surface area contributed by atoms with Gasteiger partial charge in [0.15, 0.2) is 0 Å². The standard InChI is InChI=1S/C11H14BrN3/c1-11(2,3)15-9-7(12)5-4-6-8(9)14-10(15)13/h4-6H,1-3H3,(H2,13,14). The Kier molecular flexibility index (Phi) is 2.26. The van der Waals surface area contributed by atoms with E-state index in [9.17, 15) is 0 Å². The maximum Gasteiger partial charge on any atom is 0.201 e. The minimum Gasteiger partial charge on any atom is -0.369 e. The summed E-state index contributed by atoms with van der Waals surface area (Å²) < 4.78 is 3.08. The van der Waals surface area contributed by atoms with Crippen molar-refractivity contribution >= 4 is 32.9 Å². The summed E-state index contributed by atoms with van der Waals surface area (Å²) in [5.41, 5.74) is 7.86. The Morgan fingerprint density at radius 1 is 1.33 bits per heavy atom. The quantitative estimate of drug-likeness (QED) is 0.797. The van der Waals surface area contributed by atoms with Crippen molar-refractivity contribution in [2.45, 2.75) is 26.3 Å². The molecule has 0 aliphatic carbocycles. The third-order valence-corrected chi connectivity index (χ3v) is 2.96. The van der Waals surface area contributed by atoms with Crippen molar-refractivity contribution in [1.82, 2.24) is 9.55 Å². The molecular formula is C11H14BrN3. The Morgan fingerprint density at radius 3 is 2.60 bits per heavy atom. The van der Waals surface area contributed by atoms with Gasteiger partial charge >= 0.3 is 0 Å². The van der Waals surface area contributed by atoms with Crippen LogP contribution in [0.5, 0.6) is 0 Å². The first-order valence-electron chi connectivity index (χ1n) is 4.84. The van der Waals surface area contributed by atoms with Gasteiger partial charge in [-0.3, -0.25) is 0 Å². The highest BCUT2D eigenvalue weighted by Gasteiger charge is 2.21. The van der Waals surface area contributed by atoms with E-state index in [2.05, 4.69) is 41.7 Å². The Labute approximate surface area is 97.4 Å². The smallest absolute Gasteiger partial charge is 0.201 e. The average molecular weight is 268 g/mol. The second-order valence-corrected chi connectivity index (χ2v) is 5.44. The van der Waals surface area contributed by atoms with E-state index < -0.39 is 0 Å². The molecule has 2 aromatic rings. The maximum atomic E-state index is 5.94. The van der Waals surface area contributed by atoms with Gasteiger partial charge in [0.25, 0.3) is 0 Å². The van der Waals surface area contributed by atoms with Crippen LogP contribution in [0.25, 0.3) is 11.0 Å². The Bertz CT molecular complexity index is 508. The monoisotopic (exact) mass is 267 g/mol. The maximum absolute atomic E-state index is 5.94. The van der Waals surface area contributed by atoms with Crippen molar-refractivity contribution in [3.05, 3.63) is 22.7 Å². The molecule has 2 rings (SSSR count). The molecule has 80 valence electrons. The van der Waals surface area contributed by atoms with Gasteiger partial charge in [0.2, 0.25) is 5.95 Å². The van der Waals surface area contributed by atoms with Gasteiger partial charge in [0.05, 0.1) is 11.0 Å². The van der Waals surface area contributed by atoms with Crippen LogP contribution < -0.4 is 5.73 Å². The number of hydrogen-bond acceptors (Lipinski definition) is 2. The SMILES string of the molecule is CC(C)(C)n1c(N)nc2cccc(Br)c21. The fourth-order valence-electron chi connectivity index (χ4n) is 1.78. The van der Waals surface area contributed by atoms with E-state index in [0.29, 0.717) is 5.95 Å². The summed E-state index contributed by atoms with van der Waals surface area (Å²) >= 11 is 3.54. The molecule has 4 heteroatoms. The first-order valence-corrected chi connectivity index (χ1v) is 5.63. The number of imidazole rings is 1. The van der Waals surface area contributed by atoms with Crippen LogP contribution in [0.2, 0.25) is 0 Å². The van der Waals surface area contributed by atoms with Crippen molar-refractivity contribution in [1.29, 1.82) is 0 Å². The van der Waals surface area contributed by atoms with Gasteiger partial charge in [-0.1, -0.05) is 6.07 Å². The fraction of sp³-hybridized carbons (Fsp3) is 0.364. The van der Waals surface area contributed by atoms with Gasteiger partial charge in [-0.05, 0) is 48.8 Å². The van der Waals surface area contributed by atoms with Gasteiger partial charge in [-0.25, -0.2) is 4.98 Å². The molecule has 0 aliphatic rings. The molecule has 0 fully saturated rings. The molecule has 2 N–H and O–H groups in total. The first-order chi connectivity index (χ1) is 6.91. The van der Waals surface area contributed by atoms with E-state index in [1.54, 1.807) is 0 Å². The van der Waals surface area contributed by atoms with Crippen molar-refractivity contribution in [3.8, 4) is 0 Å². The zero-order chi connectivity index (χ0) is 11.2. The van der Waals surface area contributed by atoms with Crippen molar-refractivity contribution in [2.24, 2.45) is 0 Å². The van der Waals surface area contributed by atoms with Crippen LogP contribution in [0.1, 0.15) is 20.8 Å². The Balaban J connectivity index is 2.89. The van der Waals surface area contributed by atoms with E-state index in [0.717, 1.165) is 15.5 Å². The summed E-state index contributed by atoms with van der Waals surface area (Å²) in [5, 5.41) is 0. The number of nitrogens with two attached hydrogens (primary N) is 1. The summed E-state index contributed by atoms with van der Waals surface area (Å²) in [6.07, 6.45) is 0. The molecule has 0 radical (unpaired) electrons. The molecule has 0 spiro atoms. The van der Waals surface area contributed by atoms with Gasteiger partial charge in [-0.15, -0.1) is 0 Å². The summed E-state index contributed by atoms with van der Waals surface area (Å²) in [5.74, 6) is 0.560. The van der Waals surface area contributed by atoms with Crippen LogP contribution >= 0.6 is 15.9 Å². The number of nitrogen functional groups attached to an aromatic ring is 1. The Morgan fingerprint density at radius 2 is 2.00 bits per heavy atom. The molecule has 0 aliphatic heterocycles. The van der Waals surface area contributed by atoms with Crippen molar-refractivity contribution < 1.29 is 0 Å². The lowest BCUT2D eigenvalue weighted by Crippen LogP contribution is -2.23. The number of aromatic nitrogens is 2. The van der Waals surface area contributed by atoms with Gasteiger partial charge < -0.3 is 10.3 Å². The summed E-state index contributed by atoms with van der Waals surface area (Å²) in [7, 11) is 0. The summed E-state index contributed by atoms with van der Waals surface area (Å²) in [6, 6.07) is 5.94. The predicted octanol–water partition coefficient (Wildman–Crippen LogP) is 3.14. The lowest BCUT2D eigenvalue weighted by molar-refractivity contribution is 0.414. The van der Waals surface area contributed by atoms with Crippen LogP contribution in [-0.4, -0.2) is 9.55 Å². The molecular weight excluding hydrogens is 254 g/mol. The predicted molar refractivity (Wildman–Crippen MR) is 66.8 cm³/mol. The molecule has 1 aromatic heterocycles. The molecule has 1 aromatic carbocycles.